The van der Waals surface area contributed by atoms with E-state index in [4.69, 9.17) is 0 Å². The van der Waals surface area contributed by atoms with Gasteiger partial charge in [-0.3, -0.25) is 4.79 Å². The fourth-order valence-electron chi connectivity index (χ4n) is 3.62. The van der Waals surface area contributed by atoms with E-state index in [1.165, 1.54) is 24.6 Å². The van der Waals surface area contributed by atoms with Crippen molar-refractivity contribution in [3.05, 3.63) is 48.2 Å². The van der Waals surface area contributed by atoms with Gasteiger partial charge in [0.05, 0.1) is 17.6 Å². The van der Waals surface area contributed by atoms with Gasteiger partial charge in [-0.05, 0) is 44.4 Å². The molecular weight excluding hydrogens is 396 g/mol. The minimum absolute atomic E-state index is 0.0844. The smallest absolute Gasteiger partial charge is 0.234 e. The zero-order valence-electron chi connectivity index (χ0n) is 17.3. The van der Waals surface area contributed by atoms with Crippen LogP contribution in [-0.4, -0.2) is 44.5 Å². The second-order valence-corrected chi connectivity index (χ2v) is 8.24. The number of nitrogens with zero attached hydrogens (tertiary/aromatic N) is 5. The number of thioether (sulfide) groups is 1. The highest BCUT2D eigenvalue weighted by molar-refractivity contribution is 7.99. The number of amides is 1. The van der Waals surface area contributed by atoms with E-state index >= 15 is 0 Å². The first-order valence-electron chi connectivity index (χ1n) is 10.3. The predicted molar refractivity (Wildman–Crippen MR) is 121 cm³/mol. The molecule has 0 radical (unpaired) electrons. The highest BCUT2D eigenvalue weighted by Gasteiger charge is 2.16. The Kier molecular flexibility index (Phi) is 6.32. The quantitative estimate of drug-likeness (QED) is 0.580. The van der Waals surface area contributed by atoms with Gasteiger partial charge in [-0.2, -0.15) is 0 Å². The lowest BCUT2D eigenvalue weighted by Crippen LogP contribution is -2.19. The van der Waals surface area contributed by atoms with Crippen molar-refractivity contribution in [2.45, 2.75) is 38.4 Å². The Morgan fingerprint density at radius 1 is 1.13 bits per heavy atom. The zero-order valence-corrected chi connectivity index (χ0v) is 18.2. The molecule has 0 spiro atoms. The number of hydrogen-bond donors (Lipinski definition) is 1. The summed E-state index contributed by atoms with van der Waals surface area (Å²) in [5, 5.41) is 12.4. The van der Waals surface area contributed by atoms with Crippen molar-refractivity contribution in [2.24, 2.45) is 0 Å². The van der Waals surface area contributed by atoms with Crippen molar-refractivity contribution in [3.63, 3.8) is 0 Å². The third-order valence-corrected chi connectivity index (χ3v) is 6.18. The Balaban J connectivity index is 1.37. The summed E-state index contributed by atoms with van der Waals surface area (Å²) < 4.78 is 2.05. The van der Waals surface area contributed by atoms with Crippen molar-refractivity contribution in [1.82, 2.24) is 19.7 Å². The number of pyridine rings is 1. The maximum atomic E-state index is 12.4. The van der Waals surface area contributed by atoms with Gasteiger partial charge in [0.15, 0.2) is 11.0 Å². The Bertz CT molecular complexity index is 1010. The summed E-state index contributed by atoms with van der Waals surface area (Å²) in [6, 6.07) is 12.0. The van der Waals surface area contributed by atoms with Gasteiger partial charge in [0.2, 0.25) is 5.91 Å². The van der Waals surface area contributed by atoms with Crippen molar-refractivity contribution in [1.29, 1.82) is 0 Å². The van der Waals surface area contributed by atoms with Crippen LogP contribution >= 0.6 is 11.8 Å². The molecule has 4 rings (SSSR count). The molecule has 1 saturated heterocycles. The molecule has 1 N–H and O–H groups in total. The van der Waals surface area contributed by atoms with Crippen LogP contribution in [0.15, 0.2) is 47.8 Å². The standard InChI is InChI=1S/C22H26N6OS/c1-3-28-21(18-9-5-4-8-16(18)2)25-26-22(28)30-15-20(29)24-17-10-11-19(23-14-17)27-12-6-7-13-27/h4-5,8-11,14H,3,6-7,12-13,15H2,1-2H3,(H,24,29). The average molecular weight is 423 g/mol. The van der Waals surface area contributed by atoms with E-state index in [2.05, 4.69) is 45.3 Å². The Hall–Kier alpha value is -2.87. The fraction of sp³-hybridized carbons (Fsp3) is 0.364. The summed E-state index contributed by atoms with van der Waals surface area (Å²) in [7, 11) is 0. The van der Waals surface area contributed by atoms with Crippen LogP contribution in [0, 0.1) is 6.92 Å². The number of aryl methyl sites for hydroxylation is 1. The molecule has 2 aromatic heterocycles. The first-order valence-corrected chi connectivity index (χ1v) is 11.3. The molecule has 156 valence electrons. The summed E-state index contributed by atoms with van der Waals surface area (Å²) in [4.78, 5) is 19.2. The topological polar surface area (TPSA) is 75.9 Å². The molecule has 0 aliphatic carbocycles. The van der Waals surface area contributed by atoms with E-state index < -0.39 is 0 Å². The van der Waals surface area contributed by atoms with E-state index in [0.29, 0.717) is 5.69 Å². The van der Waals surface area contributed by atoms with Crippen LogP contribution in [0.4, 0.5) is 11.5 Å². The summed E-state index contributed by atoms with van der Waals surface area (Å²) in [5.41, 5.74) is 2.92. The Morgan fingerprint density at radius 3 is 2.63 bits per heavy atom. The van der Waals surface area contributed by atoms with Gasteiger partial charge >= 0.3 is 0 Å². The minimum atomic E-state index is -0.0844. The molecule has 7 nitrogen and oxygen atoms in total. The molecule has 1 aromatic carbocycles. The molecule has 1 aliphatic rings. The van der Waals surface area contributed by atoms with E-state index in [-0.39, 0.29) is 11.7 Å². The van der Waals surface area contributed by atoms with Gasteiger partial charge in [0.1, 0.15) is 5.82 Å². The van der Waals surface area contributed by atoms with Crippen LogP contribution < -0.4 is 10.2 Å². The monoisotopic (exact) mass is 422 g/mol. The summed E-state index contributed by atoms with van der Waals surface area (Å²) in [6.07, 6.45) is 4.15. The lowest BCUT2D eigenvalue weighted by molar-refractivity contribution is -0.113. The fourth-order valence-corrected chi connectivity index (χ4v) is 4.43. The van der Waals surface area contributed by atoms with E-state index in [9.17, 15) is 4.79 Å². The molecule has 1 amide bonds. The highest BCUT2D eigenvalue weighted by atomic mass is 32.2. The molecule has 1 aliphatic heterocycles. The molecule has 0 bridgehead atoms. The van der Waals surface area contributed by atoms with E-state index in [1.54, 1.807) is 6.20 Å². The average Bonchev–Trinajstić information content (AvgIpc) is 3.43. The van der Waals surface area contributed by atoms with Crippen molar-refractivity contribution in [2.75, 3.05) is 29.1 Å². The van der Waals surface area contributed by atoms with Crippen LogP contribution in [-0.2, 0) is 11.3 Å². The second kappa shape index (κ2) is 9.30. The molecule has 0 saturated carbocycles. The van der Waals surface area contributed by atoms with Crippen LogP contribution in [0.5, 0.6) is 0 Å². The lowest BCUT2D eigenvalue weighted by atomic mass is 10.1. The third kappa shape index (κ3) is 4.48. The predicted octanol–water partition coefficient (Wildman–Crippen LogP) is 4.00. The molecule has 30 heavy (non-hydrogen) atoms. The first kappa shape index (κ1) is 20.4. The normalized spacial score (nSPS) is 13.6. The summed E-state index contributed by atoms with van der Waals surface area (Å²) in [5.74, 6) is 1.98. The number of carbonyl (C=O) groups excluding carboxylic acids is 1. The highest BCUT2D eigenvalue weighted by Crippen LogP contribution is 2.26. The molecule has 0 atom stereocenters. The molecular formula is C22H26N6OS. The van der Waals surface area contributed by atoms with Gasteiger partial charge in [-0.15, -0.1) is 10.2 Å². The maximum Gasteiger partial charge on any atom is 0.234 e. The molecule has 3 heterocycles. The van der Waals surface area contributed by atoms with Gasteiger partial charge in [-0.25, -0.2) is 4.98 Å². The number of anilines is 2. The van der Waals surface area contributed by atoms with Crippen LogP contribution in [0.3, 0.4) is 0 Å². The zero-order chi connectivity index (χ0) is 20.9. The SMILES string of the molecule is CCn1c(SCC(=O)Nc2ccc(N3CCCC3)nc2)nnc1-c1ccccc1C. The van der Waals surface area contributed by atoms with Crippen LogP contribution in [0.1, 0.15) is 25.3 Å². The number of carbonyl (C=O) groups is 1. The maximum absolute atomic E-state index is 12.4. The number of benzene rings is 1. The number of aromatic nitrogens is 4. The molecule has 1 fully saturated rings. The van der Waals surface area contributed by atoms with Crippen molar-refractivity contribution < 1.29 is 4.79 Å². The van der Waals surface area contributed by atoms with Crippen molar-refractivity contribution >= 4 is 29.2 Å². The molecule has 3 aromatic rings. The lowest BCUT2D eigenvalue weighted by Gasteiger charge is -2.16. The van der Waals surface area contributed by atoms with Crippen LogP contribution in [0.25, 0.3) is 11.4 Å². The summed E-state index contributed by atoms with van der Waals surface area (Å²) >= 11 is 1.39. The molecule has 8 heteroatoms. The van der Waals surface area contributed by atoms with E-state index in [0.717, 1.165) is 47.6 Å². The Labute approximate surface area is 180 Å². The summed E-state index contributed by atoms with van der Waals surface area (Å²) in [6.45, 7) is 6.97. The largest absolute Gasteiger partial charge is 0.357 e. The van der Waals surface area contributed by atoms with Crippen LogP contribution in [0.2, 0.25) is 0 Å². The third-order valence-electron chi connectivity index (χ3n) is 5.21. The van der Waals surface area contributed by atoms with E-state index in [1.807, 2.05) is 34.9 Å². The number of nitrogens with one attached hydrogen (secondary N) is 1. The van der Waals surface area contributed by atoms with Gasteiger partial charge in [0, 0.05) is 25.2 Å². The van der Waals surface area contributed by atoms with Crippen molar-refractivity contribution in [3.8, 4) is 11.4 Å². The number of rotatable bonds is 7. The number of hydrogen-bond acceptors (Lipinski definition) is 6. The first-order chi connectivity index (χ1) is 14.7. The van der Waals surface area contributed by atoms with Gasteiger partial charge in [0.25, 0.3) is 0 Å². The van der Waals surface area contributed by atoms with Gasteiger partial charge in [-0.1, -0.05) is 36.0 Å². The minimum Gasteiger partial charge on any atom is -0.357 e. The van der Waals surface area contributed by atoms with Gasteiger partial charge < -0.3 is 14.8 Å². The second-order valence-electron chi connectivity index (χ2n) is 7.30. The Morgan fingerprint density at radius 2 is 1.93 bits per heavy atom. The molecule has 0 unspecified atom stereocenters.